The van der Waals surface area contributed by atoms with Gasteiger partial charge in [0.25, 0.3) is 10.1 Å². The van der Waals surface area contributed by atoms with Crippen LogP contribution in [0.2, 0.25) is 0 Å². The molecule has 188 valence electrons. The lowest BCUT2D eigenvalue weighted by Gasteiger charge is -2.65. The van der Waals surface area contributed by atoms with E-state index >= 15 is 0 Å². The van der Waals surface area contributed by atoms with E-state index < -0.39 is 10.1 Å². The first-order valence-corrected chi connectivity index (χ1v) is 14.8. The van der Waals surface area contributed by atoms with Crippen LogP contribution in [0.5, 0.6) is 0 Å². The summed E-state index contributed by atoms with van der Waals surface area (Å²) in [5.74, 6) is 2.68. The van der Waals surface area contributed by atoms with Crippen LogP contribution in [-0.2, 0) is 19.1 Å². The average molecular weight is 487 g/mol. The first-order chi connectivity index (χ1) is 15.9. The van der Waals surface area contributed by atoms with Gasteiger partial charge in [-0.1, -0.05) is 38.5 Å². The van der Waals surface area contributed by atoms with E-state index in [1.165, 1.54) is 19.3 Å². The van der Waals surface area contributed by atoms with Crippen molar-refractivity contribution in [2.45, 2.75) is 103 Å². The summed E-state index contributed by atoms with van der Waals surface area (Å²) in [6.45, 7) is 11.1. The number of rotatable bonds is 4. The number of ketones is 1. The first kappa shape index (κ1) is 24.5. The molecule has 1 aromatic carbocycles. The van der Waals surface area contributed by atoms with Crippen molar-refractivity contribution in [2.24, 2.45) is 39.9 Å². The van der Waals surface area contributed by atoms with E-state index in [9.17, 15) is 13.2 Å². The van der Waals surface area contributed by atoms with Crippen molar-refractivity contribution in [1.29, 1.82) is 0 Å². The van der Waals surface area contributed by atoms with Gasteiger partial charge >= 0.3 is 0 Å². The van der Waals surface area contributed by atoms with E-state index in [4.69, 9.17) is 4.18 Å². The minimum Gasteiger partial charge on any atom is -0.300 e. The Bertz CT molecular complexity index is 1060. The van der Waals surface area contributed by atoms with Crippen LogP contribution in [0.15, 0.2) is 29.2 Å². The minimum atomic E-state index is -3.75. The molecule has 4 aliphatic carbocycles. The number of hydrogen-bond acceptors (Lipinski definition) is 4. The Labute approximate surface area is 206 Å². The van der Waals surface area contributed by atoms with Gasteiger partial charge in [0, 0.05) is 5.92 Å². The van der Waals surface area contributed by atoms with E-state index in [1.807, 2.05) is 19.1 Å². The van der Waals surface area contributed by atoms with Crippen LogP contribution in [0.3, 0.4) is 0 Å². The topological polar surface area (TPSA) is 60.4 Å². The molecule has 0 saturated heterocycles. The molecular formula is C29H42O4S. The molecule has 4 aliphatic rings. The van der Waals surface area contributed by atoms with Crippen LogP contribution in [0.25, 0.3) is 0 Å². The van der Waals surface area contributed by atoms with Gasteiger partial charge in [0.1, 0.15) is 5.78 Å². The normalized spacial score (nSPS) is 44.1. The molecule has 34 heavy (non-hydrogen) atoms. The molecule has 4 saturated carbocycles. The number of benzene rings is 1. The quantitative estimate of drug-likeness (QED) is 0.444. The number of carbonyl (C=O) groups excluding carboxylic acids is 1. The summed E-state index contributed by atoms with van der Waals surface area (Å²) in [4.78, 5) is 12.7. The second-order valence-electron chi connectivity index (χ2n) is 12.9. The fourth-order valence-corrected chi connectivity index (χ4v) is 10.4. The highest BCUT2D eigenvalue weighted by Gasteiger charge is 2.64. The molecule has 8 atom stereocenters. The molecule has 0 radical (unpaired) electrons. The van der Waals surface area contributed by atoms with Gasteiger partial charge in [-0.3, -0.25) is 8.98 Å². The van der Waals surface area contributed by atoms with Crippen LogP contribution >= 0.6 is 0 Å². The minimum absolute atomic E-state index is 0.0895. The zero-order chi connectivity index (χ0) is 24.5. The third-order valence-corrected chi connectivity index (χ3v) is 12.8. The molecule has 5 rings (SSSR count). The van der Waals surface area contributed by atoms with Gasteiger partial charge in [0.2, 0.25) is 0 Å². The molecule has 5 heteroatoms. The predicted octanol–water partition coefficient (Wildman–Crippen LogP) is 6.71. The Balaban J connectivity index is 1.34. The molecule has 0 N–H and O–H groups in total. The van der Waals surface area contributed by atoms with Crippen LogP contribution in [0.4, 0.5) is 0 Å². The SMILES string of the molecule is CC(=O)[C@@H]1CC[C@@H]2[C@H]3CC[C@@]4(C)C[C@H](OS(=O)(=O)c5ccc(C)cc5)CC[C@]4(C)[C@@H]3CC[C@]21C. The maximum absolute atomic E-state index is 13.0. The van der Waals surface area contributed by atoms with Crippen molar-refractivity contribution >= 4 is 15.9 Å². The van der Waals surface area contributed by atoms with Crippen molar-refractivity contribution in [3.8, 4) is 0 Å². The summed E-state index contributed by atoms with van der Waals surface area (Å²) >= 11 is 0. The Morgan fingerprint density at radius 1 is 0.912 bits per heavy atom. The fraction of sp³-hybridized carbons (Fsp3) is 0.759. The zero-order valence-corrected chi connectivity index (χ0v) is 22.4. The Kier molecular flexibility index (Phi) is 5.88. The summed E-state index contributed by atoms with van der Waals surface area (Å²) in [6.07, 6.45) is 9.38. The second-order valence-corrected chi connectivity index (χ2v) is 14.5. The summed E-state index contributed by atoms with van der Waals surface area (Å²) in [5.41, 5.74) is 1.52. The molecule has 0 unspecified atom stereocenters. The molecule has 4 fully saturated rings. The van der Waals surface area contributed by atoms with Crippen LogP contribution < -0.4 is 0 Å². The molecule has 0 spiro atoms. The van der Waals surface area contributed by atoms with Crippen LogP contribution in [0, 0.1) is 46.8 Å². The van der Waals surface area contributed by atoms with Gasteiger partial charge in [-0.15, -0.1) is 0 Å². The maximum atomic E-state index is 13.0. The van der Waals surface area contributed by atoms with Crippen molar-refractivity contribution in [1.82, 2.24) is 0 Å². The summed E-state index contributed by atoms with van der Waals surface area (Å²) in [6, 6.07) is 6.96. The van der Waals surface area contributed by atoms with Gasteiger partial charge in [-0.25, -0.2) is 0 Å². The number of aryl methyl sites for hydroxylation is 1. The lowest BCUT2D eigenvalue weighted by molar-refractivity contribution is -0.168. The standard InChI is InChI=1S/C29H42O4S/c1-19-6-8-22(9-7-19)34(31,32)33-21-12-17-29(5)26-14-16-28(4)24(20(2)30)10-11-25(28)23(26)13-15-27(29,3)18-21/h6-9,21,23-26H,10-18H2,1-5H3/t21-,23-,24+,25-,26-,27+,28+,29-/m1/s1. The molecule has 0 heterocycles. The van der Waals surface area contributed by atoms with Crippen LogP contribution in [0.1, 0.15) is 91.0 Å². The Morgan fingerprint density at radius 2 is 1.62 bits per heavy atom. The third kappa shape index (κ3) is 3.63. The fourth-order valence-electron chi connectivity index (χ4n) is 9.28. The van der Waals surface area contributed by atoms with Crippen molar-refractivity contribution in [3.05, 3.63) is 29.8 Å². The molecule has 0 aromatic heterocycles. The molecule has 0 aliphatic heterocycles. The maximum Gasteiger partial charge on any atom is 0.297 e. The van der Waals surface area contributed by atoms with Gasteiger partial charge in [0.15, 0.2) is 0 Å². The molecule has 0 bridgehead atoms. The van der Waals surface area contributed by atoms with E-state index in [-0.39, 0.29) is 33.2 Å². The van der Waals surface area contributed by atoms with Crippen LogP contribution in [-0.4, -0.2) is 20.3 Å². The van der Waals surface area contributed by atoms with E-state index in [0.29, 0.717) is 23.5 Å². The predicted molar refractivity (Wildman–Crippen MR) is 134 cm³/mol. The van der Waals surface area contributed by atoms with Gasteiger partial charge in [0.05, 0.1) is 11.0 Å². The average Bonchev–Trinajstić information content (AvgIpc) is 3.12. The highest BCUT2D eigenvalue weighted by molar-refractivity contribution is 7.86. The first-order valence-electron chi connectivity index (χ1n) is 13.4. The largest absolute Gasteiger partial charge is 0.300 e. The van der Waals surface area contributed by atoms with Crippen molar-refractivity contribution in [2.75, 3.05) is 0 Å². The zero-order valence-electron chi connectivity index (χ0n) is 21.6. The lowest BCUT2D eigenvalue weighted by Crippen LogP contribution is -2.58. The lowest BCUT2D eigenvalue weighted by atomic mass is 9.40. The number of hydrogen-bond donors (Lipinski definition) is 0. The third-order valence-electron chi connectivity index (χ3n) is 11.4. The highest BCUT2D eigenvalue weighted by atomic mass is 32.2. The van der Waals surface area contributed by atoms with Crippen molar-refractivity contribution in [3.63, 3.8) is 0 Å². The molecule has 4 nitrogen and oxygen atoms in total. The smallest absolute Gasteiger partial charge is 0.297 e. The summed E-state index contributed by atoms with van der Waals surface area (Å²) in [7, 11) is -3.75. The van der Waals surface area contributed by atoms with E-state index in [2.05, 4.69) is 20.8 Å². The second kappa shape index (κ2) is 8.16. The number of carbonyl (C=O) groups is 1. The van der Waals surface area contributed by atoms with Crippen molar-refractivity contribution < 1.29 is 17.4 Å². The van der Waals surface area contributed by atoms with Gasteiger partial charge in [-0.05, 0) is 118 Å². The van der Waals surface area contributed by atoms with Gasteiger partial charge < -0.3 is 0 Å². The number of fused-ring (bicyclic) bond motifs is 5. The summed E-state index contributed by atoms with van der Waals surface area (Å²) < 4.78 is 31.8. The number of Topliss-reactive ketones (excluding diaryl/α,β-unsaturated/α-hetero) is 1. The van der Waals surface area contributed by atoms with E-state index in [0.717, 1.165) is 44.1 Å². The molecule has 0 amide bonds. The Hall–Kier alpha value is -1.20. The highest BCUT2D eigenvalue weighted by Crippen LogP contribution is 2.70. The molecular weight excluding hydrogens is 444 g/mol. The van der Waals surface area contributed by atoms with E-state index in [1.54, 1.807) is 19.1 Å². The van der Waals surface area contributed by atoms with Gasteiger partial charge in [-0.2, -0.15) is 8.42 Å². The molecule has 1 aromatic rings. The Morgan fingerprint density at radius 3 is 2.29 bits per heavy atom. The monoisotopic (exact) mass is 486 g/mol. The summed E-state index contributed by atoms with van der Waals surface area (Å²) in [5, 5.41) is 0.